The summed E-state index contributed by atoms with van der Waals surface area (Å²) in [6, 6.07) is 18.0. The van der Waals surface area contributed by atoms with Crippen LogP contribution >= 0.6 is 24.0 Å². The van der Waals surface area contributed by atoms with Crippen LogP contribution in [0.3, 0.4) is 0 Å². The van der Waals surface area contributed by atoms with Crippen LogP contribution in [-0.2, 0) is 16.3 Å². The normalized spacial score (nSPS) is 17.0. The molecule has 0 aromatic heterocycles. The van der Waals surface area contributed by atoms with E-state index in [2.05, 4.69) is 46.7 Å². The third kappa shape index (κ3) is 7.99. The Morgan fingerprint density at radius 1 is 1.13 bits per heavy atom. The first-order valence-electron chi connectivity index (χ1n) is 10.6. The first-order chi connectivity index (χ1) is 14.5. The molecule has 1 fully saturated rings. The summed E-state index contributed by atoms with van der Waals surface area (Å²) in [5, 5.41) is 6.93. The molecule has 1 saturated heterocycles. The quantitative estimate of drug-likeness (QED) is 0.311. The lowest BCUT2D eigenvalue weighted by atomic mass is 10.1. The van der Waals surface area contributed by atoms with Gasteiger partial charge < -0.3 is 15.5 Å². The Hall–Kier alpha value is -1.81. The highest BCUT2D eigenvalue weighted by molar-refractivity contribution is 14.0. The fourth-order valence-corrected chi connectivity index (χ4v) is 4.31. The predicted octanol–water partition coefficient (Wildman–Crippen LogP) is 3.47. The van der Waals surface area contributed by atoms with Gasteiger partial charge >= 0.3 is 0 Å². The van der Waals surface area contributed by atoms with Gasteiger partial charge in [-0.05, 0) is 56.0 Å². The van der Waals surface area contributed by atoms with Crippen molar-refractivity contribution in [2.45, 2.75) is 37.1 Å². The Kier molecular flexibility index (Phi) is 10.1. The van der Waals surface area contributed by atoms with Crippen LogP contribution in [0.5, 0.6) is 0 Å². The zero-order valence-corrected chi connectivity index (χ0v) is 21.4. The molecule has 0 spiro atoms. The van der Waals surface area contributed by atoms with Crippen molar-refractivity contribution in [2.75, 3.05) is 37.3 Å². The van der Waals surface area contributed by atoms with Crippen LogP contribution in [0.15, 0.2) is 64.5 Å². The molecule has 1 heterocycles. The number of nitrogens with one attached hydrogen (secondary N) is 2. The standard InChI is InChI=1S/C23H32N4O2S.HI/c1-3-24-23(25-16-15-19-11-13-22(14-12-19)30(2,28)29)26-20-8-7-17-27(18-20)21-9-5-4-6-10-21;/h4-6,9-14,20H,3,7-8,15-18H2,1-2H3,(H2,24,25,26);1H. The molecular weight excluding hydrogens is 523 g/mol. The number of aliphatic imine (C=N–C) groups is 1. The molecule has 1 aliphatic heterocycles. The molecule has 1 aliphatic rings. The Labute approximate surface area is 203 Å². The number of sulfone groups is 1. The van der Waals surface area contributed by atoms with Gasteiger partial charge in [0.25, 0.3) is 0 Å². The number of halogens is 1. The van der Waals surface area contributed by atoms with E-state index in [1.165, 1.54) is 11.9 Å². The summed E-state index contributed by atoms with van der Waals surface area (Å²) in [6.07, 6.45) is 4.27. The van der Waals surface area contributed by atoms with E-state index in [1.807, 2.05) is 18.2 Å². The number of nitrogens with zero attached hydrogens (tertiary/aromatic N) is 2. The highest BCUT2D eigenvalue weighted by Gasteiger charge is 2.20. The van der Waals surface area contributed by atoms with E-state index in [-0.39, 0.29) is 24.0 Å². The van der Waals surface area contributed by atoms with Crippen molar-refractivity contribution in [1.29, 1.82) is 0 Å². The molecular formula is C23H33IN4O2S. The minimum atomic E-state index is -3.15. The Balaban J connectivity index is 0.00000341. The predicted molar refractivity (Wildman–Crippen MR) is 139 cm³/mol. The molecule has 3 rings (SSSR count). The average Bonchev–Trinajstić information content (AvgIpc) is 2.74. The largest absolute Gasteiger partial charge is 0.369 e. The van der Waals surface area contributed by atoms with Crippen molar-refractivity contribution < 1.29 is 8.42 Å². The molecule has 0 bridgehead atoms. The molecule has 8 heteroatoms. The van der Waals surface area contributed by atoms with Gasteiger partial charge in [-0.1, -0.05) is 30.3 Å². The second kappa shape index (κ2) is 12.3. The van der Waals surface area contributed by atoms with Gasteiger partial charge in [-0.3, -0.25) is 4.99 Å². The van der Waals surface area contributed by atoms with Crippen molar-refractivity contribution in [1.82, 2.24) is 10.6 Å². The maximum Gasteiger partial charge on any atom is 0.191 e. The van der Waals surface area contributed by atoms with Crippen molar-refractivity contribution in [3.8, 4) is 0 Å². The molecule has 6 nitrogen and oxygen atoms in total. The Bertz CT molecular complexity index is 934. The van der Waals surface area contributed by atoms with Gasteiger partial charge in [0.1, 0.15) is 0 Å². The number of para-hydroxylation sites is 1. The van der Waals surface area contributed by atoms with E-state index < -0.39 is 9.84 Å². The minimum Gasteiger partial charge on any atom is -0.369 e. The van der Waals surface area contributed by atoms with Crippen LogP contribution in [0.1, 0.15) is 25.3 Å². The topological polar surface area (TPSA) is 73.8 Å². The van der Waals surface area contributed by atoms with Gasteiger partial charge in [-0.25, -0.2) is 8.42 Å². The van der Waals surface area contributed by atoms with Crippen LogP contribution < -0.4 is 15.5 Å². The van der Waals surface area contributed by atoms with Crippen LogP contribution in [0.2, 0.25) is 0 Å². The summed E-state index contributed by atoms with van der Waals surface area (Å²) in [6.45, 7) is 5.56. The molecule has 2 aromatic rings. The summed E-state index contributed by atoms with van der Waals surface area (Å²) in [7, 11) is -3.15. The maximum absolute atomic E-state index is 11.6. The highest BCUT2D eigenvalue weighted by atomic mass is 127. The molecule has 0 aliphatic carbocycles. The van der Waals surface area contributed by atoms with Crippen molar-refractivity contribution in [3.05, 3.63) is 60.2 Å². The molecule has 2 N–H and O–H groups in total. The summed E-state index contributed by atoms with van der Waals surface area (Å²) < 4.78 is 23.2. The summed E-state index contributed by atoms with van der Waals surface area (Å²) in [5.41, 5.74) is 2.35. The highest BCUT2D eigenvalue weighted by Crippen LogP contribution is 2.19. The molecule has 0 saturated carbocycles. The zero-order valence-electron chi connectivity index (χ0n) is 18.3. The SMILES string of the molecule is CCNC(=NCCc1ccc(S(C)(=O)=O)cc1)NC1CCCN(c2ccccc2)C1.I. The van der Waals surface area contributed by atoms with E-state index >= 15 is 0 Å². The second-order valence-corrected chi connectivity index (χ2v) is 9.71. The maximum atomic E-state index is 11.6. The van der Waals surface area contributed by atoms with Gasteiger partial charge in [0.05, 0.1) is 4.90 Å². The Morgan fingerprint density at radius 2 is 1.84 bits per heavy atom. The smallest absolute Gasteiger partial charge is 0.191 e. The van der Waals surface area contributed by atoms with Gasteiger partial charge in [-0.15, -0.1) is 24.0 Å². The second-order valence-electron chi connectivity index (χ2n) is 7.69. The monoisotopic (exact) mass is 556 g/mol. The zero-order chi connectivity index (χ0) is 21.4. The molecule has 170 valence electrons. The molecule has 1 unspecified atom stereocenters. The van der Waals surface area contributed by atoms with E-state index in [0.29, 0.717) is 17.5 Å². The van der Waals surface area contributed by atoms with Crippen molar-refractivity contribution >= 4 is 45.5 Å². The summed E-state index contributed by atoms with van der Waals surface area (Å²) in [4.78, 5) is 7.51. The van der Waals surface area contributed by atoms with E-state index in [0.717, 1.165) is 50.4 Å². The fraction of sp³-hybridized carbons (Fsp3) is 0.435. The lowest BCUT2D eigenvalue weighted by Gasteiger charge is -2.35. The molecule has 1 atom stereocenters. The first-order valence-corrected chi connectivity index (χ1v) is 12.5. The lowest BCUT2D eigenvalue weighted by Crippen LogP contribution is -2.51. The van der Waals surface area contributed by atoms with Crippen molar-refractivity contribution in [2.24, 2.45) is 4.99 Å². The van der Waals surface area contributed by atoms with Gasteiger partial charge in [0.2, 0.25) is 0 Å². The number of guanidine groups is 1. The number of hydrogen-bond acceptors (Lipinski definition) is 4. The number of piperidine rings is 1. The number of benzene rings is 2. The van der Waals surface area contributed by atoms with E-state index in [9.17, 15) is 8.42 Å². The Morgan fingerprint density at radius 3 is 2.48 bits per heavy atom. The fourth-order valence-electron chi connectivity index (χ4n) is 3.68. The molecule has 31 heavy (non-hydrogen) atoms. The summed E-state index contributed by atoms with van der Waals surface area (Å²) >= 11 is 0. The van der Waals surface area contributed by atoms with E-state index in [4.69, 9.17) is 4.99 Å². The number of hydrogen-bond donors (Lipinski definition) is 2. The summed E-state index contributed by atoms with van der Waals surface area (Å²) in [5.74, 6) is 0.838. The van der Waals surface area contributed by atoms with Gasteiger partial charge in [0.15, 0.2) is 15.8 Å². The first kappa shape index (κ1) is 25.5. The lowest BCUT2D eigenvalue weighted by molar-refractivity contribution is 0.468. The van der Waals surface area contributed by atoms with Gasteiger partial charge in [0, 0.05) is 44.2 Å². The van der Waals surface area contributed by atoms with Crippen LogP contribution in [0, 0.1) is 0 Å². The number of rotatable bonds is 7. The average molecular weight is 557 g/mol. The number of anilines is 1. The third-order valence-electron chi connectivity index (χ3n) is 5.25. The van der Waals surface area contributed by atoms with Crippen LogP contribution in [-0.4, -0.2) is 52.9 Å². The van der Waals surface area contributed by atoms with Crippen LogP contribution in [0.25, 0.3) is 0 Å². The molecule has 2 aromatic carbocycles. The van der Waals surface area contributed by atoms with Crippen molar-refractivity contribution in [3.63, 3.8) is 0 Å². The minimum absolute atomic E-state index is 0. The third-order valence-corrected chi connectivity index (χ3v) is 6.38. The van der Waals surface area contributed by atoms with E-state index in [1.54, 1.807) is 12.1 Å². The van der Waals surface area contributed by atoms with Gasteiger partial charge in [-0.2, -0.15) is 0 Å². The molecule has 0 amide bonds. The van der Waals surface area contributed by atoms with Crippen LogP contribution in [0.4, 0.5) is 5.69 Å². The molecule has 0 radical (unpaired) electrons.